The zero-order chi connectivity index (χ0) is 17.5. The Morgan fingerprint density at radius 3 is 2.62 bits per heavy atom. The molecule has 1 N–H and O–H groups in total. The lowest BCUT2D eigenvalue weighted by Gasteiger charge is -2.20. The minimum Gasteiger partial charge on any atom is -0.477 e. The number of carbonyl (C=O) groups is 2. The van der Waals surface area contributed by atoms with Crippen molar-refractivity contribution in [3.05, 3.63) is 42.5 Å². The van der Waals surface area contributed by atoms with Crippen LogP contribution in [0, 0.1) is 0 Å². The first-order valence-electron chi connectivity index (χ1n) is 7.25. The summed E-state index contributed by atoms with van der Waals surface area (Å²) in [5, 5.41) is 13.2. The maximum absolute atomic E-state index is 12.3. The number of aromatic carboxylic acids is 1. The summed E-state index contributed by atoms with van der Waals surface area (Å²) in [6.45, 7) is 5.35. The van der Waals surface area contributed by atoms with Gasteiger partial charge in [-0.15, -0.1) is 0 Å². The number of hydrogen-bond acceptors (Lipinski definition) is 5. The largest absolute Gasteiger partial charge is 0.477 e. The van der Waals surface area contributed by atoms with Crippen molar-refractivity contribution in [3.63, 3.8) is 0 Å². The first-order valence-corrected chi connectivity index (χ1v) is 7.25. The molecule has 0 amide bonds. The molecule has 0 saturated carbocycles. The van der Waals surface area contributed by atoms with Gasteiger partial charge in [0.25, 0.3) is 0 Å². The molecule has 8 heteroatoms. The molecule has 0 radical (unpaired) electrons. The SMILES string of the molecule is CC(C)(C)OC(=O)n1cccc1-c1cnn2ccc(C(=O)O)nc12. The highest BCUT2D eigenvalue weighted by molar-refractivity contribution is 5.88. The van der Waals surface area contributed by atoms with E-state index in [0.717, 1.165) is 0 Å². The van der Waals surface area contributed by atoms with Crippen molar-refractivity contribution in [1.82, 2.24) is 19.2 Å². The van der Waals surface area contributed by atoms with Crippen LogP contribution in [0.2, 0.25) is 0 Å². The van der Waals surface area contributed by atoms with E-state index in [1.165, 1.54) is 27.5 Å². The fourth-order valence-corrected chi connectivity index (χ4v) is 2.24. The summed E-state index contributed by atoms with van der Waals surface area (Å²) < 4.78 is 8.17. The highest BCUT2D eigenvalue weighted by Gasteiger charge is 2.21. The Hall–Kier alpha value is -3.16. The van der Waals surface area contributed by atoms with Crippen molar-refractivity contribution in [1.29, 1.82) is 0 Å². The molecule has 24 heavy (non-hydrogen) atoms. The van der Waals surface area contributed by atoms with Gasteiger partial charge in [-0.05, 0) is 39.0 Å². The van der Waals surface area contributed by atoms with E-state index < -0.39 is 17.7 Å². The van der Waals surface area contributed by atoms with Gasteiger partial charge in [-0.2, -0.15) is 5.10 Å². The number of ether oxygens (including phenoxy) is 1. The number of nitrogens with zero attached hydrogens (tertiary/aromatic N) is 4. The molecule has 3 rings (SSSR count). The number of hydrogen-bond donors (Lipinski definition) is 1. The molecule has 0 saturated heterocycles. The standard InChI is InChI=1S/C16H16N4O4/c1-16(2,3)24-15(23)19-7-4-5-12(19)10-9-17-20-8-6-11(14(21)22)18-13(10)20/h4-9H,1-3H3,(H,21,22). The summed E-state index contributed by atoms with van der Waals surface area (Å²) in [6, 6.07) is 4.78. The van der Waals surface area contributed by atoms with Gasteiger partial charge < -0.3 is 9.84 Å². The smallest absolute Gasteiger partial charge is 0.418 e. The van der Waals surface area contributed by atoms with Crippen LogP contribution >= 0.6 is 0 Å². The van der Waals surface area contributed by atoms with E-state index >= 15 is 0 Å². The van der Waals surface area contributed by atoms with Gasteiger partial charge in [-0.1, -0.05) is 0 Å². The van der Waals surface area contributed by atoms with E-state index in [4.69, 9.17) is 9.84 Å². The molecule has 124 valence electrons. The number of fused-ring (bicyclic) bond motifs is 1. The van der Waals surface area contributed by atoms with E-state index in [9.17, 15) is 9.59 Å². The molecule has 0 unspecified atom stereocenters. The summed E-state index contributed by atoms with van der Waals surface area (Å²) in [7, 11) is 0. The lowest BCUT2D eigenvalue weighted by atomic mass is 10.2. The molecule has 3 aromatic heterocycles. The van der Waals surface area contributed by atoms with E-state index in [2.05, 4.69) is 10.1 Å². The second kappa shape index (κ2) is 5.48. The summed E-state index contributed by atoms with van der Waals surface area (Å²) in [4.78, 5) is 27.6. The van der Waals surface area contributed by atoms with Crippen LogP contribution in [0.25, 0.3) is 16.9 Å². The first kappa shape index (κ1) is 15.7. The molecule has 0 fully saturated rings. The van der Waals surface area contributed by atoms with Crippen LogP contribution in [0.3, 0.4) is 0 Å². The lowest BCUT2D eigenvalue weighted by Crippen LogP contribution is -2.27. The van der Waals surface area contributed by atoms with Crippen LogP contribution < -0.4 is 0 Å². The van der Waals surface area contributed by atoms with E-state index in [1.807, 2.05) is 0 Å². The third-order valence-corrected chi connectivity index (χ3v) is 3.20. The third kappa shape index (κ3) is 2.85. The Morgan fingerprint density at radius 2 is 1.96 bits per heavy atom. The minimum atomic E-state index is -1.13. The van der Waals surface area contributed by atoms with Crippen molar-refractivity contribution >= 4 is 17.7 Å². The van der Waals surface area contributed by atoms with Crippen LogP contribution in [0.5, 0.6) is 0 Å². The maximum atomic E-state index is 12.3. The Kier molecular flexibility index (Phi) is 3.59. The number of rotatable bonds is 2. The molecule has 8 nitrogen and oxygen atoms in total. The summed E-state index contributed by atoms with van der Waals surface area (Å²) in [5.74, 6) is -1.13. The molecule has 0 spiro atoms. The van der Waals surface area contributed by atoms with Gasteiger partial charge in [-0.3, -0.25) is 4.57 Å². The highest BCUT2D eigenvalue weighted by Crippen LogP contribution is 2.25. The highest BCUT2D eigenvalue weighted by atomic mass is 16.6. The second-order valence-electron chi connectivity index (χ2n) is 6.19. The Balaban J connectivity index is 2.09. The van der Waals surface area contributed by atoms with Crippen LogP contribution in [0.1, 0.15) is 31.3 Å². The van der Waals surface area contributed by atoms with Gasteiger partial charge in [0.05, 0.1) is 17.5 Å². The Labute approximate surface area is 137 Å². The van der Waals surface area contributed by atoms with Gasteiger partial charge in [-0.25, -0.2) is 19.1 Å². The van der Waals surface area contributed by atoms with Crippen molar-refractivity contribution in [2.24, 2.45) is 0 Å². The fraction of sp³-hybridized carbons (Fsp3) is 0.250. The van der Waals surface area contributed by atoms with Gasteiger partial charge in [0.15, 0.2) is 11.3 Å². The molecule has 0 aromatic carbocycles. The molecule has 0 aliphatic heterocycles. The minimum absolute atomic E-state index is 0.0976. The monoisotopic (exact) mass is 328 g/mol. The topological polar surface area (TPSA) is 98.7 Å². The van der Waals surface area contributed by atoms with Crippen molar-refractivity contribution in [2.75, 3.05) is 0 Å². The Bertz CT molecular complexity index is 933. The van der Waals surface area contributed by atoms with Crippen LogP contribution in [-0.4, -0.2) is 41.9 Å². The zero-order valence-electron chi connectivity index (χ0n) is 13.4. The molecule has 0 aliphatic rings. The fourth-order valence-electron chi connectivity index (χ4n) is 2.24. The predicted molar refractivity (Wildman–Crippen MR) is 85.0 cm³/mol. The van der Waals surface area contributed by atoms with Gasteiger partial charge in [0, 0.05) is 12.4 Å². The summed E-state index contributed by atoms with van der Waals surface area (Å²) in [6.07, 6.45) is 4.09. The van der Waals surface area contributed by atoms with E-state index in [1.54, 1.807) is 39.1 Å². The quantitative estimate of drug-likeness (QED) is 0.776. The molecular formula is C16H16N4O4. The maximum Gasteiger partial charge on any atom is 0.418 e. The van der Waals surface area contributed by atoms with Crippen LogP contribution in [0.15, 0.2) is 36.8 Å². The molecule has 3 heterocycles. The second-order valence-corrected chi connectivity index (χ2v) is 6.19. The number of carbonyl (C=O) groups excluding carboxylic acids is 1. The van der Waals surface area contributed by atoms with Gasteiger partial charge in [0.2, 0.25) is 0 Å². The van der Waals surface area contributed by atoms with Crippen molar-refractivity contribution in [2.45, 2.75) is 26.4 Å². The molecule has 3 aromatic rings. The first-order chi connectivity index (χ1) is 11.3. The molecule has 0 bridgehead atoms. The number of carboxylic acid groups (broad SMARTS) is 1. The predicted octanol–water partition coefficient (Wildman–Crippen LogP) is 2.68. The van der Waals surface area contributed by atoms with Crippen molar-refractivity contribution in [3.8, 4) is 11.3 Å². The molecular weight excluding hydrogens is 312 g/mol. The summed E-state index contributed by atoms with van der Waals surface area (Å²) in [5.41, 5.74) is 0.676. The normalized spacial score (nSPS) is 11.6. The molecule has 0 atom stereocenters. The number of aromatic nitrogens is 4. The average Bonchev–Trinajstić information content (AvgIpc) is 3.10. The molecule has 0 aliphatic carbocycles. The van der Waals surface area contributed by atoms with E-state index in [0.29, 0.717) is 16.9 Å². The van der Waals surface area contributed by atoms with Crippen LogP contribution in [-0.2, 0) is 4.74 Å². The van der Waals surface area contributed by atoms with Crippen LogP contribution in [0.4, 0.5) is 4.79 Å². The van der Waals surface area contributed by atoms with E-state index in [-0.39, 0.29) is 5.69 Å². The average molecular weight is 328 g/mol. The van der Waals surface area contributed by atoms with Gasteiger partial charge in [0.1, 0.15) is 5.60 Å². The zero-order valence-corrected chi connectivity index (χ0v) is 13.4. The summed E-state index contributed by atoms with van der Waals surface area (Å²) >= 11 is 0. The number of carboxylic acids is 1. The lowest BCUT2D eigenvalue weighted by molar-refractivity contribution is 0.0539. The Morgan fingerprint density at radius 1 is 1.21 bits per heavy atom. The van der Waals surface area contributed by atoms with Crippen molar-refractivity contribution < 1.29 is 19.4 Å². The van der Waals surface area contributed by atoms with Gasteiger partial charge >= 0.3 is 12.1 Å². The third-order valence-electron chi connectivity index (χ3n) is 3.20.